The molecule has 0 radical (unpaired) electrons. The molecule has 3 heteroatoms. The third kappa shape index (κ3) is 5.63. The van der Waals surface area contributed by atoms with Crippen molar-refractivity contribution in [3.8, 4) is 0 Å². The van der Waals surface area contributed by atoms with Crippen molar-refractivity contribution in [2.45, 2.75) is 60.0 Å². The van der Waals surface area contributed by atoms with E-state index in [-0.39, 0.29) is 0 Å². The van der Waals surface area contributed by atoms with E-state index in [4.69, 9.17) is 0 Å². The first kappa shape index (κ1) is 18.5. The van der Waals surface area contributed by atoms with Gasteiger partial charge in [0.15, 0.2) is 0 Å². The van der Waals surface area contributed by atoms with Crippen molar-refractivity contribution in [2.75, 3.05) is 18.0 Å². The van der Waals surface area contributed by atoms with Crippen molar-refractivity contribution >= 4 is 21.6 Å². The molecule has 1 N–H and O–H groups in total. The zero-order valence-electron chi connectivity index (χ0n) is 14.4. The topological polar surface area (TPSA) is 15.3 Å². The molecule has 0 saturated heterocycles. The van der Waals surface area contributed by atoms with Gasteiger partial charge in [-0.05, 0) is 63.4 Å². The van der Waals surface area contributed by atoms with Gasteiger partial charge in [-0.3, -0.25) is 0 Å². The van der Waals surface area contributed by atoms with Crippen LogP contribution in [0.1, 0.15) is 59.6 Å². The Bertz CT molecular complexity index is 429. The fourth-order valence-corrected chi connectivity index (χ4v) is 2.96. The number of hydrogen-bond donors (Lipinski definition) is 1. The molecule has 0 spiro atoms. The molecule has 0 aliphatic heterocycles. The maximum absolute atomic E-state index is 3.62. The van der Waals surface area contributed by atoms with Gasteiger partial charge in [0.1, 0.15) is 0 Å². The summed E-state index contributed by atoms with van der Waals surface area (Å²) in [5, 5.41) is 3.62. The molecular weight excluding hydrogens is 324 g/mol. The minimum absolute atomic E-state index is 0.367. The van der Waals surface area contributed by atoms with E-state index in [2.05, 4.69) is 85.9 Å². The molecule has 0 aromatic heterocycles. The normalized spacial score (nSPS) is 13.0. The van der Waals surface area contributed by atoms with Gasteiger partial charge >= 0.3 is 0 Å². The molecule has 21 heavy (non-hydrogen) atoms. The van der Waals surface area contributed by atoms with Crippen LogP contribution in [0.4, 0.5) is 5.69 Å². The lowest BCUT2D eigenvalue weighted by atomic mass is 10.0. The number of benzene rings is 1. The molecule has 1 aromatic carbocycles. The zero-order valence-corrected chi connectivity index (χ0v) is 16.0. The van der Waals surface area contributed by atoms with Crippen molar-refractivity contribution in [3.63, 3.8) is 0 Å². The first-order valence-corrected chi connectivity index (χ1v) is 8.95. The van der Waals surface area contributed by atoms with Crippen LogP contribution in [0.5, 0.6) is 0 Å². The van der Waals surface area contributed by atoms with E-state index in [0.29, 0.717) is 18.0 Å². The molecule has 1 rings (SSSR count). The molecule has 0 aliphatic carbocycles. The lowest BCUT2D eigenvalue weighted by Gasteiger charge is -2.34. The van der Waals surface area contributed by atoms with Crippen LogP contribution in [0.2, 0.25) is 0 Å². The van der Waals surface area contributed by atoms with E-state index in [1.807, 2.05) is 0 Å². The Balaban J connectivity index is 3.13. The summed E-state index contributed by atoms with van der Waals surface area (Å²) in [6.45, 7) is 15.7. The third-order valence-electron chi connectivity index (χ3n) is 3.65. The van der Waals surface area contributed by atoms with E-state index in [0.717, 1.165) is 24.0 Å². The molecule has 0 bridgehead atoms. The van der Waals surface area contributed by atoms with Crippen molar-refractivity contribution in [1.82, 2.24) is 5.32 Å². The van der Waals surface area contributed by atoms with Crippen LogP contribution >= 0.6 is 15.9 Å². The van der Waals surface area contributed by atoms with Crippen LogP contribution in [-0.4, -0.2) is 19.1 Å². The smallest absolute Gasteiger partial charge is 0.0417 e. The van der Waals surface area contributed by atoms with Gasteiger partial charge in [0.2, 0.25) is 0 Å². The van der Waals surface area contributed by atoms with E-state index in [9.17, 15) is 0 Å². The highest BCUT2D eigenvalue weighted by Crippen LogP contribution is 2.31. The fourth-order valence-electron chi connectivity index (χ4n) is 2.59. The van der Waals surface area contributed by atoms with Crippen LogP contribution in [-0.2, 0) is 0 Å². The number of hydrogen-bond acceptors (Lipinski definition) is 2. The summed E-state index contributed by atoms with van der Waals surface area (Å²) in [5.41, 5.74) is 2.74. The molecule has 0 saturated carbocycles. The molecule has 0 fully saturated rings. The molecule has 2 nitrogen and oxygen atoms in total. The SMILES string of the molecule is CCCNC(C)c1cc(Br)ccc1N(CC(C)C)C(C)C. The largest absolute Gasteiger partial charge is 0.369 e. The number of rotatable bonds is 8. The molecule has 0 aliphatic rings. The molecule has 1 unspecified atom stereocenters. The predicted octanol–water partition coefficient (Wildman–Crippen LogP) is 5.38. The van der Waals surface area contributed by atoms with Gasteiger partial charge in [-0.2, -0.15) is 0 Å². The van der Waals surface area contributed by atoms with Crippen LogP contribution in [0.15, 0.2) is 22.7 Å². The minimum Gasteiger partial charge on any atom is -0.369 e. The molecule has 120 valence electrons. The number of halogens is 1. The van der Waals surface area contributed by atoms with Gasteiger partial charge in [0, 0.05) is 28.8 Å². The van der Waals surface area contributed by atoms with Crippen LogP contribution in [0.3, 0.4) is 0 Å². The van der Waals surface area contributed by atoms with Crippen molar-refractivity contribution in [1.29, 1.82) is 0 Å². The Morgan fingerprint density at radius 3 is 2.33 bits per heavy atom. The molecule has 1 atom stereocenters. The Morgan fingerprint density at radius 1 is 1.14 bits per heavy atom. The van der Waals surface area contributed by atoms with Crippen molar-refractivity contribution in [3.05, 3.63) is 28.2 Å². The van der Waals surface area contributed by atoms with Gasteiger partial charge in [0.05, 0.1) is 0 Å². The van der Waals surface area contributed by atoms with E-state index >= 15 is 0 Å². The maximum Gasteiger partial charge on any atom is 0.0417 e. The highest BCUT2D eigenvalue weighted by Gasteiger charge is 2.19. The van der Waals surface area contributed by atoms with Crippen molar-refractivity contribution in [2.24, 2.45) is 5.92 Å². The minimum atomic E-state index is 0.367. The van der Waals surface area contributed by atoms with E-state index < -0.39 is 0 Å². The van der Waals surface area contributed by atoms with Crippen LogP contribution < -0.4 is 10.2 Å². The molecule has 1 aromatic rings. The Morgan fingerprint density at radius 2 is 1.81 bits per heavy atom. The maximum atomic E-state index is 3.62. The predicted molar refractivity (Wildman–Crippen MR) is 98.2 cm³/mol. The van der Waals surface area contributed by atoms with Crippen molar-refractivity contribution < 1.29 is 0 Å². The first-order valence-electron chi connectivity index (χ1n) is 8.16. The van der Waals surface area contributed by atoms with Crippen LogP contribution in [0.25, 0.3) is 0 Å². The summed E-state index contributed by atoms with van der Waals surface area (Å²) in [6.07, 6.45) is 1.16. The Kier molecular flexibility index (Phi) is 7.75. The molecular formula is C18H31BrN2. The average molecular weight is 355 g/mol. The Labute approximate surface area is 139 Å². The summed E-state index contributed by atoms with van der Waals surface area (Å²) in [6, 6.07) is 7.54. The second-order valence-electron chi connectivity index (χ2n) is 6.52. The average Bonchev–Trinajstić information content (AvgIpc) is 2.42. The third-order valence-corrected chi connectivity index (χ3v) is 4.14. The van der Waals surface area contributed by atoms with Gasteiger partial charge < -0.3 is 10.2 Å². The fraction of sp³-hybridized carbons (Fsp3) is 0.667. The van der Waals surface area contributed by atoms with Gasteiger partial charge in [-0.1, -0.05) is 36.7 Å². The Hall–Kier alpha value is -0.540. The number of nitrogens with zero attached hydrogens (tertiary/aromatic N) is 1. The molecule has 0 amide bonds. The van der Waals surface area contributed by atoms with E-state index in [1.165, 1.54) is 11.3 Å². The van der Waals surface area contributed by atoms with Gasteiger partial charge in [0.25, 0.3) is 0 Å². The lowest BCUT2D eigenvalue weighted by Crippen LogP contribution is -2.35. The van der Waals surface area contributed by atoms with Gasteiger partial charge in [-0.25, -0.2) is 0 Å². The first-order chi connectivity index (χ1) is 9.86. The summed E-state index contributed by atoms with van der Waals surface area (Å²) in [4.78, 5) is 2.52. The van der Waals surface area contributed by atoms with Crippen LogP contribution in [0, 0.1) is 5.92 Å². The monoisotopic (exact) mass is 354 g/mol. The highest BCUT2D eigenvalue weighted by atomic mass is 79.9. The quantitative estimate of drug-likeness (QED) is 0.673. The summed E-state index contributed by atoms with van der Waals surface area (Å²) >= 11 is 3.62. The number of nitrogens with one attached hydrogen (secondary N) is 1. The summed E-state index contributed by atoms with van der Waals surface area (Å²) in [7, 11) is 0. The van der Waals surface area contributed by atoms with E-state index in [1.54, 1.807) is 0 Å². The molecule has 0 heterocycles. The summed E-state index contributed by atoms with van der Waals surface area (Å²) < 4.78 is 1.15. The zero-order chi connectivity index (χ0) is 16.0. The lowest BCUT2D eigenvalue weighted by molar-refractivity contribution is 0.548. The second kappa shape index (κ2) is 8.79. The standard InChI is InChI=1S/C18H31BrN2/c1-7-10-20-15(6)17-11-16(19)8-9-18(17)21(14(4)5)12-13(2)3/h8-9,11,13-15,20H,7,10,12H2,1-6H3. The second-order valence-corrected chi connectivity index (χ2v) is 7.43. The highest BCUT2D eigenvalue weighted by molar-refractivity contribution is 9.10. The van der Waals surface area contributed by atoms with Gasteiger partial charge in [-0.15, -0.1) is 0 Å². The summed E-state index contributed by atoms with van der Waals surface area (Å²) in [5.74, 6) is 0.655. The number of anilines is 1.